The van der Waals surface area contributed by atoms with E-state index in [4.69, 9.17) is 50.0 Å². The van der Waals surface area contributed by atoms with Gasteiger partial charge in [0.25, 0.3) is 9.69 Å². The van der Waals surface area contributed by atoms with E-state index < -0.39 is 17.5 Å². The lowest BCUT2D eigenvalue weighted by Gasteiger charge is -2.11. The highest BCUT2D eigenvalue weighted by Gasteiger charge is 2.32. The fourth-order valence-electron chi connectivity index (χ4n) is 0.133. The molecule has 0 aliphatic heterocycles. The molecule has 0 aromatic rings. The highest BCUT2D eigenvalue weighted by atomic mass is 35.6. The minimum absolute atomic E-state index is 1.05. The van der Waals surface area contributed by atoms with Gasteiger partial charge >= 0.3 is 7.82 Å². The number of alkyl halides is 3. The van der Waals surface area contributed by atoms with Gasteiger partial charge in [-0.3, -0.25) is 5.41 Å². The van der Waals surface area contributed by atoms with Crippen LogP contribution in [0, 0.1) is 5.41 Å². The molecule has 0 aromatic heterocycles. The van der Waals surface area contributed by atoms with Crippen molar-refractivity contribution in [2.75, 3.05) is 0 Å². The Morgan fingerprint density at radius 3 is 2.08 bits per heavy atom. The molecule has 10 heteroatoms. The van der Waals surface area contributed by atoms with Gasteiger partial charge in [-0.2, -0.15) is 0 Å². The number of nitrogens with one attached hydrogen (secondary N) is 1. The largest absolute Gasteiger partial charge is 0.505 e. The van der Waals surface area contributed by atoms with Gasteiger partial charge in [-0.25, -0.2) is 4.57 Å². The smallest absolute Gasteiger partial charge is 0.307 e. The van der Waals surface area contributed by atoms with Crippen molar-refractivity contribution in [2.24, 2.45) is 0 Å². The second-order valence-corrected chi connectivity index (χ2v) is 4.89. The van der Waals surface area contributed by atoms with Crippen LogP contribution < -0.4 is 0 Å². The first kappa shape index (κ1) is 12.4. The maximum absolute atomic E-state index is 9.98. The zero-order valence-corrected chi connectivity index (χ0v) is 8.36. The predicted octanol–water partition coefficient (Wildman–Crippen LogP) is 1.37. The van der Waals surface area contributed by atoms with Crippen LogP contribution in [0.1, 0.15) is 0 Å². The van der Waals surface area contributed by atoms with Gasteiger partial charge in [-0.15, -0.1) is 0 Å². The molecule has 0 aliphatic carbocycles. The Labute approximate surface area is 82.0 Å². The summed E-state index contributed by atoms with van der Waals surface area (Å²) in [5, 5.41) is 6.73. The molecule has 0 amide bonds. The summed E-state index contributed by atoms with van der Waals surface area (Å²) >= 11 is 15.2. The van der Waals surface area contributed by atoms with Crippen molar-refractivity contribution < 1.29 is 23.9 Å². The van der Waals surface area contributed by atoms with Gasteiger partial charge < -0.3 is 14.7 Å². The average molecular weight is 258 g/mol. The quantitative estimate of drug-likeness (QED) is 0.173. The maximum atomic E-state index is 9.98. The summed E-state index contributed by atoms with van der Waals surface area (Å²) in [5.41, 5.74) is 0. The van der Waals surface area contributed by atoms with Crippen LogP contribution in [0.15, 0.2) is 0 Å². The third-order valence-electron chi connectivity index (χ3n) is 0.475. The normalized spacial score (nSPS) is 12.8. The van der Waals surface area contributed by atoms with Crippen molar-refractivity contribution in [1.29, 1.82) is 5.41 Å². The molecule has 0 spiro atoms. The molecule has 12 heavy (non-hydrogen) atoms. The van der Waals surface area contributed by atoms with Crippen molar-refractivity contribution in [3.8, 4) is 0 Å². The van der Waals surface area contributed by atoms with Crippen LogP contribution in [-0.4, -0.2) is 19.5 Å². The lowest BCUT2D eigenvalue weighted by Crippen LogP contribution is -2.20. The number of hydrogen-bond donors (Lipinski definition) is 3. The summed E-state index contributed by atoms with van der Waals surface area (Å²) < 4.78 is 11.2. The molecular weight excluding hydrogens is 255 g/mol. The molecule has 6 nitrogen and oxygen atoms in total. The third-order valence-corrected chi connectivity index (χ3v) is 1.26. The Bertz CT molecular complexity index is 219. The van der Waals surface area contributed by atoms with Crippen molar-refractivity contribution >= 4 is 48.5 Å². The van der Waals surface area contributed by atoms with Gasteiger partial charge in [0.05, 0.1) is 0 Å². The monoisotopic (exact) mass is 257 g/mol. The molecule has 0 fully saturated rings. The van der Waals surface area contributed by atoms with Crippen molar-refractivity contribution in [2.45, 2.75) is 3.79 Å². The fraction of sp³-hybridized carbons (Fsp3) is 0.500. The van der Waals surface area contributed by atoms with Gasteiger partial charge in [0, 0.05) is 0 Å². The molecule has 0 bridgehead atoms. The molecular formula is C2H3Cl3NO5P. The van der Waals surface area contributed by atoms with E-state index in [0.717, 1.165) is 0 Å². The standard InChI is InChI=1S/C2H3Cl3NO5P/c3-2(4,5)1(6)10-11-12(7,8)9/h6H,(H2,7,8,9). The van der Waals surface area contributed by atoms with Crippen LogP contribution in [0.25, 0.3) is 0 Å². The second kappa shape index (κ2) is 4.11. The molecule has 0 saturated heterocycles. The Hall–Kier alpha value is 0.450. The molecule has 0 saturated carbocycles. The van der Waals surface area contributed by atoms with Crippen molar-refractivity contribution in [3.05, 3.63) is 0 Å². The zero-order valence-electron chi connectivity index (χ0n) is 5.20. The van der Waals surface area contributed by atoms with E-state index in [9.17, 15) is 4.57 Å². The van der Waals surface area contributed by atoms with Crippen LogP contribution in [0.2, 0.25) is 0 Å². The first-order valence-corrected chi connectivity index (χ1v) is 4.87. The van der Waals surface area contributed by atoms with E-state index in [-0.39, 0.29) is 0 Å². The van der Waals surface area contributed by atoms with Gasteiger partial charge in [0.2, 0.25) is 0 Å². The molecule has 0 radical (unpaired) electrons. The molecule has 0 aromatic carbocycles. The van der Waals surface area contributed by atoms with E-state index in [1.807, 2.05) is 0 Å². The Morgan fingerprint density at radius 1 is 1.42 bits per heavy atom. The molecule has 0 unspecified atom stereocenters. The number of halogens is 3. The van der Waals surface area contributed by atoms with Crippen molar-refractivity contribution in [1.82, 2.24) is 0 Å². The van der Waals surface area contributed by atoms with Crippen LogP contribution >= 0.6 is 42.6 Å². The first-order valence-electron chi connectivity index (χ1n) is 2.20. The van der Waals surface area contributed by atoms with E-state index >= 15 is 0 Å². The van der Waals surface area contributed by atoms with E-state index in [0.29, 0.717) is 0 Å². The lowest BCUT2D eigenvalue weighted by atomic mass is 10.8. The minimum Gasteiger partial charge on any atom is -0.307 e. The lowest BCUT2D eigenvalue weighted by molar-refractivity contribution is -0.141. The average Bonchev–Trinajstić information content (AvgIpc) is 1.78. The van der Waals surface area contributed by atoms with Crippen molar-refractivity contribution in [3.63, 3.8) is 0 Å². The molecule has 0 rings (SSSR count). The van der Waals surface area contributed by atoms with Crippen LogP contribution in [0.4, 0.5) is 0 Å². The van der Waals surface area contributed by atoms with Gasteiger partial charge in [0.15, 0.2) is 0 Å². The SMILES string of the molecule is N=C(OOP(=O)(O)O)C(Cl)(Cl)Cl. The highest BCUT2D eigenvalue weighted by molar-refractivity contribution is 7.46. The number of phosphoric acid groups is 1. The second-order valence-electron chi connectivity index (χ2n) is 1.48. The summed E-state index contributed by atoms with van der Waals surface area (Å²) in [4.78, 5) is 19.8. The van der Waals surface area contributed by atoms with Gasteiger partial charge in [-0.1, -0.05) is 39.5 Å². The van der Waals surface area contributed by atoms with Gasteiger partial charge in [-0.05, 0) is 0 Å². The summed E-state index contributed by atoms with van der Waals surface area (Å²) in [6.45, 7) is 0. The molecule has 0 heterocycles. The Morgan fingerprint density at radius 2 is 1.83 bits per heavy atom. The van der Waals surface area contributed by atoms with E-state index in [1.54, 1.807) is 0 Å². The highest BCUT2D eigenvalue weighted by Crippen LogP contribution is 2.38. The fourth-order valence-corrected chi connectivity index (χ4v) is 0.399. The van der Waals surface area contributed by atoms with Crippen LogP contribution in [0.5, 0.6) is 0 Å². The summed E-state index contributed by atoms with van der Waals surface area (Å²) in [5.74, 6) is -1.05. The summed E-state index contributed by atoms with van der Waals surface area (Å²) in [7, 11) is -4.83. The number of rotatable bonds is 2. The Kier molecular flexibility index (Phi) is 4.26. The Balaban J connectivity index is 3.98. The van der Waals surface area contributed by atoms with E-state index in [2.05, 4.69) is 9.56 Å². The van der Waals surface area contributed by atoms with E-state index in [1.165, 1.54) is 0 Å². The predicted molar refractivity (Wildman–Crippen MR) is 42.2 cm³/mol. The topological polar surface area (TPSA) is 99.8 Å². The maximum Gasteiger partial charge on any atom is 0.505 e. The summed E-state index contributed by atoms with van der Waals surface area (Å²) in [6, 6.07) is 0. The van der Waals surface area contributed by atoms with Gasteiger partial charge in [0.1, 0.15) is 0 Å². The third kappa shape index (κ3) is 6.02. The number of hydrogen-bond acceptors (Lipinski definition) is 4. The minimum atomic E-state index is -4.83. The summed E-state index contributed by atoms with van der Waals surface area (Å²) in [6.07, 6.45) is 0. The molecule has 72 valence electrons. The van der Waals surface area contributed by atoms with Crippen LogP contribution in [0.3, 0.4) is 0 Å². The molecule has 0 atom stereocenters. The van der Waals surface area contributed by atoms with Crippen LogP contribution in [-0.2, 0) is 14.1 Å². The first-order chi connectivity index (χ1) is 5.13. The molecule has 0 aliphatic rings. The molecule has 3 N–H and O–H groups in total. The zero-order chi connectivity index (χ0) is 9.99.